The maximum atomic E-state index is 12.9. The molecule has 0 bridgehead atoms. The van der Waals surface area contributed by atoms with Gasteiger partial charge in [0.1, 0.15) is 6.04 Å². The van der Waals surface area contributed by atoms with Gasteiger partial charge in [-0.2, -0.15) is 0 Å². The number of para-hydroxylation sites is 1. The molecule has 0 saturated carbocycles. The van der Waals surface area contributed by atoms with E-state index >= 15 is 0 Å². The van der Waals surface area contributed by atoms with Crippen LogP contribution < -0.4 is 5.32 Å². The Morgan fingerprint density at radius 3 is 2.75 bits per heavy atom. The van der Waals surface area contributed by atoms with Gasteiger partial charge in [-0.25, -0.2) is 4.79 Å². The number of esters is 1. The van der Waals surface area contributed by atoms with Crippen LogP contribution >= 0.6 is 11.8 Å². The van der Waals surface area contributed by atoms with E-state index in [1.54, 1.807) is 24.3 Å². The molecule has 2 aromatic carbocycles. The molecule has 4 rings (SSSR count). The minimum absolute atomic E-state index is 0.0988. The van der Waals surface area contributed by atoms with Crippen molar-refractivity contribution < 1.29 is 23.9 Å². The van der Waals surface area contributed by atoms with Gasteiger partial charge in [-0.05, 0) is 29.3 Å². The third-order valence-corrected chi connectivity index (χ3v) is 6.12. The zero-order valence-electron chi connectivity index (χ0n) is 17.3. The average molecular weight is 452 g/mol. The molecule has 1 atom stereocenters. The Kier molecular flexibility index (Phi) is 6.27. The second-order valence-corrected chi connectivity index (χ2v) is 8.27. The van der Waals surface area contributed by atoms with Crippen LogP contribution in [0.4, 0.5) is 4.79 Å². The molecule has 9 heteroatoms. The quantitative estimate of drug-likeness (QED) is 0.535. The molecule has 1 fully saturated rings. The van der Waals surface area contributed by atoms with Crippen molar-refractivity contribution in [3.8, 4) is 0 Å². The summed E-state index contributed by atoms with van der Waals surface area (Å²) in [7, 11) is 1.28. The number of methoxy groups -OCH3 is 1. The summed E-state index contributed by atoms with van der Waals surface area (Å²) in [6.45, 7) is 0.0988. The lowest BCUT2D eigenvalue weighted by atomic mass is 10.0. The predicted molar refractivity (Wildman–Crippen MR) is 120 cm³/mol. The summed E-state index contributed by atoms with van der Waals surface area (Å²) >= 11 is 0.964. The highest BCUT2D eigenvalue weighted by Crippen LogP contribution is 2.22. The second-order valence-electron chi connectivity index (χ2n) is 7.35. The maximum Gasteiger partial charge on any atom is 0.328 e. The molecule has 8 nitrogen and oxygen atoms in total. The molecule has 1 aromatic heterocycles. The highest BCUT2D eigenvalue weighted by molar-refractivity contribution is 8.14. The summed E-state index contributed by atoms with van der Waals surface area (Å²) in [5.41, 5.74) is 2.79. The summed E-state index contributed by atoms with van der Waals surface area (Å²) in [6.07, 6.45) is 2.07. The van der Waals surface area contributed by atoms with E-state index in [4.69, 9.17) is 4.74 Å². The van der Waals surface area contributed by atoms with Gasteiger partial charge in [-0.3, -0.25) is 19.3 Å². The van der Waals surface area contributed by atoms with Crippen LogP contribution in [0.1, 0.15) is 21.5 Å². The van der Waals surface area contributed by atoms with E-state index in [0.717, 1.165) is 33.1 Å². The van der Waals surface area contributed by atoms with Crippen LogP contribution in [-0.4, -0.2) is 51.8 Å². The smallest absolute Gasteiger partial charge is 0.328 e. The number of nitrogens with zero attached hydrogens (tertiary/aromatic N) is 1. The van der Waals surface area contributed by atoms with Crippen molar-refractivity contribution in [1.29, 1.82) is 0 Å². The zero-order valence-corrected chi connectivity index (χ0v) is 18.1. The number of thioether (sulfide) groups is 1. The number of hydrogen-bond donors (Lipinski definition) is 2. The van der Waals surface area contributed by atoms with Crippen molar-refractivity contribution in [2.24, 2.45) is 0 Å². The van der Waals surface area contributed by atoms with Gasteiger partial charge in [0, 0.05) is 29.1 Å². The molecule has 2 N–H and O–H groups in total. The van der Waals surface area contributed by atoms with Crippen LogP contribution in [0.3, 0.4) is 0 Å². The molecule has 1 aliphatic rings. The first-order valence-electron chi connectivity index (χ1n) is 9.96. The molecule has 3 amide bonds. The molecule has 2 heterocycles. The van der Waals surface area contributed by atoms with E-state index in [-0.39, 0.29) is 29.9 Å². The van der Waals surface area contributed by atoms with Gasteiger partial charge in [-0.15, -0.1) is 0 Å². The third kappa shape index (κ3) is 4.52. The first-order valence-corrected chi connectivity index (χ1v) is 10.9. The Morgan fingerprint density at radius 2 is 2.00 bits per heavy atom. The number of fused-ring (bicyclic) bond motifs is 1. The Labute approximate surface area is 188 Å². The number of ether oxygens (including phenoxy) is 1. The molecule has 3 aromatic rings. The molecule has 0 unspecified atom stereocenters. The lowest BCUT2D eigenvalue weighted by molar-refractivity contribution is -0.142. The highest BCUT2D eigenvalue weighted by Gasteiger charge is 2.30. The van der Waals surface area contributed by atoms with E-state index in [0.29, 0.717) is 11.1 Å². The fourth-order valence-corrected chi connectivity index (χ4v) is 4.35. The summed E-state index contributed by atoms with van der Waals surface area (Å²) in [5, 5.41) is 3.42. The van der Waals surface area contributed by atoms with Gasteiger partial charge in [0.15, 0.2) is 0 Å². The Bertz CT molecular complexity index is 1190. The van der Waals surface area contributed by atoms with Crippen LogP contribution in [0.2, 0.25) is 0 Å². The number of imide groups is 1. The first kappa shape index (κ1) is 21.6. The fraction of sp³-hybridized carbons (Fsp3) is 0.217. The molecule has 164 valence electrons. The van der Waals surface area contributed by atoms with Crippen molar-refractivity contribution >= 4 is 45.7 Å². The summed E-state index contributed by atoms with van der Waals surface area (Å²) in [4.78, 5) is 53.3. The fourth-order valence-electron chi connectivity index (χ4n) is 3.62. The molecule has 0 aliphatic carbocycles. The van der Waals surface area contributed by atoms with Crippen molar-refractivity contribution in [3.63, 3.8) is 0 Å². The SMILES string of the molecule is COC(=O)[C@@H](Cc1c[nH]c2ccccc12)NC(=O)c1cccc(CN2C(=O)CSC2=O)c1. The van der Waals surface area contributed by atoms with E-state index in [1.807, 2.05) is 30.5 Å². The van der Waals surface area contributed by atoms with Crippen LogP contribution in [0.15, 0.2) is 54.7 Å². The monoisotopic (exact) mass is 451 g/mol. The van der Waals surface area contributed by atoms with Crippen LogP contribution in [-0.2, 0) is 27.3 Å². The molecular formula is C23H21N3O5S. The van der Waals surface area contributed by atoms with Gasteiger partial charge in [0.25, 0.3) is 11.1 Å². The number of nitrogens with one attached hydrogen (secondary N) is 2. The van der Waals surface area contributed by atoms with Crippen molar-refractivity contribution in [2.45, 2.75) is 19.0 Å². The molecular weight excluding hydrogens is 430 g/mol. The summed E-state index contributed by atoms with van der Waals surface area (Å²) in [5.74, 6) is -1.12. The van der Waals surface area contributed by atoms with Gasteiger partial charge in [0.05, 0.1) is 19.4 Å². The second kappa shape index (κ2) is 9.27. The van der Waals surface area contributed by atoms with Crippen LogP contribution in [0, 0.1) is 0 Å². The normalized spacial score (nSPS) is 14.6. The number of hydrogen-bond acceptors (Lipinski definition) is 6. The zero-order chi connectivity index (χ0) is 22.7. The van der Waals surface area contributed by atoms with Gasteiger partial charge >= 0.3 is 5.97 Å². The molecule has 0 spiro atoms. The third-order valence-electron chi connectivity index (χ3n) is 5.26. The standard InChI is InChI=1S/C23H21N3O5S/c1-31-22(29)19(10-16-11-24-18-8-3-2-7-17(16)18)25-21(28)15-6-4-5-14(9-15)12-26-20(27)13-32-23(26)30/h2-9,11,19,24H,10,12-13H2,1H3,(H,25,28)/t19-/m1/s1. The number of carbonyl (C=O) groups excluding carboxylic acids is 4. The number of rotatable bonds is 7. The number of carbonyl (C=O) groups is 4. The van der Waals surface area contributed by atoms with E-state index < -0.39 is 17.9 Å². The predicted octanol–water partition coefficient (Wildman–Crippen LogP) is 2.88. The number of benzene rings is 2. The molecule has 32 heavy (non-hydrogen) atoms. The lowest BCUT2D eigenvalue weighted by Crippen LogP contribution is -2.43. The lowest BCUT2D eigenvalue weighted by Gasteiger charge is -2.17. The topological polar surface area (TPSA) is 109 Å². The van der Waals surface area contributed by atoms with Crippen molar-refractivity contribution in [2.75, 3.05) is 12.9 Å². The number of amides is 3. The maximum absolute atomic E-state index is 12.9. The largest absolute Gasteiger partial charge is 0.467 e. The minimum atomic E-state index is -0.881. The Balaban J connectivity index is 1.50. The summed E-state index contributed by atoms with van der Waals surface area (Å²) in [6, 6.07) is 13.5. The molecule has 1 aliphatic heterocycles. The Hall–Kier alpha value is -3.59. The minimum Gasteiger partial charge on any atom is -0.467 e. The highest BCUT2D eigenvalue weighted by atomic mass is 32.2. The van der Waals surface area contributed by atoms with E-state index in [2.05, 4.69) is 10.3 Å². The molecule has 0 radical (unpaired) electrons. The van der Waals surface area contributed by atoms with Crippen LogP contribution in [0.25, 0.3) is 10.9 Å². The summed E-state index contributed by atoms with van der Waals surface area (Å²) < 4.78 is 4.90. The van der Waals surface area contributed by atoms with E-state index in [9.17, 15) is 19.2 Å². The van der Waals surface area contributed by atoms with Crippen LogP contribution in [0.5, 0.6) is 0 Å². The molecule has 1 saturated heterocycles. The van der Waals surface area contributed by atoms with Crippen molar-refractivity contribution in [3.05, 3.63) is 71.4 Å². The van der Waals surface area contributed by atoms with Gasteiger partial charge in [-0.1, -0.05) is 42.1 Å². The Morgan fingerprint density at radius 1 is 1.19 bits per heavy atom. The first-order chi connectivity index (χ1) is 15.5. The number of aromatic nitrogens is 1. The number of H-pyrrole nitrogens is 1. The van der Waals surface area contributed by atoms with Gasteiger partial charge in [0.2, 0.25) is 5.91 Å². The number of aromatic amines is 1. The average Bonchev–Trinajstić information content (AvgIpc) is 3.36. The van der Waals surface area contributed by atoms with Crippen molar-refractivity contribution in [1.82, 2.24) is 15.2 Å². The van der Waals surface area contributed by atoms with E-state index in [1.165, 1.54) is 7.11 Å². The van der Waals surface area contributed by atoms with Gasteiger partial charge < -0.3 is 15.0 Å².